The maximum absolute atomic E-state index is 10.9. The zero-order valence-electron chi connectivity index (χ0n) is 6.44. The standard InChI is InChI=1S/C7H15OS/c1-4-5-7(8)6-9(2)3/h4-6H2,1-3H3/q+1. The molecule has 0 saturated heterocycles. The van der Waals surface area contributed by atoms with Crippen molar-refractivity contribution in [3.8, 4) is 0 Å². The molecule has 0 atom stereocenters. The van der Waals surface area contributed by atoms with Crippen LogP contribution in [-0.4, -0.2) is 24.0 Å². The Morgan fingerprint density at radius 1 is 1.44 bits per heavy atom. The lowest BCUT2D eigenvalue weighted by atomic mass is 10.3. The summed E-state index contributed by atoms with van der Waals surface area (Å²) in [5.41, 5.74) is 0. The van der Waals surface area contributed by atoms with Crippen LogP contribution in [0.15, 0.2) is 0 Å². The average molecular weight is 147 g/mol. The van der Waals surface area contributed by atoms with E-state index in [0.717, 1.165) is 18.6 Å². The molecule has 0 saturated carbocycles. The van der Waals surface area contributed by atoms with Gasteiger partial charge in [0.1, 0.15) is 0 Å². The normalized spacial score (nSPS) is 10.2. The van der Waals surface area contributed by atoms with Gasteiger partial charge >= 0.3 is 0 Å². The van der Waals surface area contributed by atoms with Gasteiger partial charge in [-0.3, -0.25) is 4.79 Å². The Morgan fingerprint density at radius 2 is 2.00 bits per heavy atom. The van der Waals surface area contributed by atoms with Gasteiger partial charge in [-0.2, -0.15) is 0 Å². The second kappa shape index (κ2) is 4.86. The lowest BCUT2D eigenvalue weighted by molar-refractivity contribution is -0.116. The van der Waals surface area contributed by atoms with Crippen LogP contribution in [0.3, 0.4) is 0 Å². The van der Waals surface area contributed by atoms with Crippen LogP contribution in [0.2, 0.25) is 0 Å². The predicted molar refractivity (Wildman–Crippen MR) is 44.0 cm³/mol. The molecule has 0 aromatic heterocycles. The van der Waals surface area contributed by atoms with Crippen LogP contribution in [0.1, 0.15) is 19.8 Å². The fraction of sp³-hybridized carbons (Fsp3) is 0.857. The number of Topliss-reactive ketones (excluding diaryl/α,β-unsaturated/α-hetero) is 1. The maximum atomic E-state index is 10.9. The summed E-state index contributed by atoms with van der Waals surface area (Å²) in [7, 11) is 0.303. The molecular formula is C7H15OS+. The van der Waals surface area contributed by atoms with Gasteiger partial charge in [0.2, 0.25) is 0 Å². The minimum Gasteiger partial charge on any atom is -0.294 e. The SMILES string of the molecule is CCCC(=O)C[S+](C)C. The van der Waals surface area contributed by atoms with Crippen molar-refractivity contribution in [2.75, 3.05) is 18.3 Å². The van der Waals surface area contributed by atoms with E-state index in [1.807, 2.05) is 6.92 Å². The predicted octanol–water partition coefficient (Wildman–Crippen LogP) is 1.23. The molecule has 0 rings (SSSR count). The second-order valence-corrected chi connectivity index (χ2v) is 4.68. The minimum atomic E-state index is 0.303. The first-order valence-electron chi connectivity index (χ1n) is 3.22. The fourth-order valence-corrected chi connectivity index (χ4v) is 1.46. The van der Waals surface area contributed by atoms with Gasteiger partial charge in [-0.1, -0.05) is 6.92 Å². The van der Waals surface area contributed by atoms with E-state index in [-0.39, 0.29) is 0 Å². The first-order chi connectivity index (χ1) is 4.16. The third kappa shape index (κ3) is 5.90. The van der Waals surface area contributed by atoms with Crippen LogP contribution < -0.4 is 0 Å². The van der Waals surface area contributed by atoms with E-state index in [1.54, 1.807) is 0 Å². The topological polar surface area (TPSA) is 17.1 Å². The Balaban J connectivity index is 3.27. The molecule has 0 radical (unpaired) electrons. The molecule has 54 valence electrons. The quantitative estimate of drug-likeness (QED) is 0.547. The van der Waals surface area contributed by atoms with Crippen molar-refractivity contribution >= 4 is 16.7 Å². The van der Waals surface area contributed by atoms with E-state index in [9.17, 15) is 4.79 Å². The molecule has 0 N–H and O–H groups in total. The smallest absolute Gasteiger partial charge is 0.181 e. The van der Waals surface area contributed by atoms with Crippen LogP contribution in [0, 0.1) is 0 Å². The average Bonchev–Trinajstić information content (AvgIpc) is 1.63. The Bertz CT molecular complexity index is 88.9. The molecule has 1 nitrogen and oxygen atoms in total. The third-order valence-corrected chi connectivity index (χ3v) is 1.88. The summed E-state index contributed by atoms with van der Waals surface area (Å²) in [4.78, 5) is 10.9. The lowest BCUT2D eigenvalue weighted by Crippen LogP contribution is -2.12. The van der Waals surface area contributed by atoms with Crippen molar-refractivity contribution in [1.82, 2.24) is 0 Å². The van der Waals surface area contributed by atoms with E-state index in [1.165, 1.54) is 0 Å². The Labute approximate surface area is 60.2 Å². The highest BCUT2D eigenvalue weighted by Gasteiger charge is 2.08. The molecule has 0 aromatic rings. The van der Waals surface area contributed by atoms with Crippen LogP contribution in [0.25, 0.3) is 0 Å². The van der Waals surface area contributed by atoms with Gasteiger partial charge in [0, 0.05) is 6.42 Å². The summed E-state index contributed by atoms with van der Waals surface area (Å²) in [5.74, 6) is 1.21. The molecule has 9 heavy (non-hydrogen) atoms. The highest BCUT2D eigenvalue weighted by Crippen LogP contribution is 1.92. The molecule has 0 unspecified atom stereocenters. The highest BCUT2D eigenvalue weighted by atomic mass is 32.2. The van der Waals surface area contributed by atoms with Crippen LogP contribution in [0.4, 0.5) is 0 Å². The summed E-state index contributed by atoms with van der Waals surface area (Å²) < 4.78 is 0. The van der Waals surface area contributed by atoms with E-state index >= 15 is 0 Å². The number of hydrogen-bond donors (Lipinski definition) is 0. The maximum Gasteiger partial charge on any atom is 0.181 e. The largest absolute Gasteiger partial charge is 0.294 e. The van der Waals surface area contributed by atoms with Crippen molar-refractivity contribution in [2.45, 2.75) is 19.8 Å². The summed E-state index contributed by atoms with van der Waals surface area (Å²) in [5, 5.41) is 0. The van der Waals surface area contributed by atoms with Crippen molar-refractivity contribution in [3.63, 3.8) is 0 Å². The molecule has 2 heteroatoms. The number of rotatable bonds is 4. The summed E-state index contributed by atoms with van der Waals surface area (Å²) >= 11 is 0. The fourth-order valence-electron chi connectivity index (χ4n) is 0.673. The molecule has 0 fully saturated rings. The minimum absolute atomic E-state index is 0.303. The molecule has 0 aromatic carbocycles. The Hall–Kier alpha value is 0.0200. The number of ketones is 1. The first kappa shape index (κ1) is 9.02. The van der Waals surface area contributed by atoms with Crippen molar-refractivity contribution < 1.29 is 4.79 Å². The molecule has 0 heterocycles. The van der Waals surface area contributed by atoms with Crippen LogP contribution in [-0.2, 0) is 15.7 Å². The van der Waals surface area contributed by atoms with E-state index in [4.69, 9.17) is 0 Å². The van der Waals surface area contributed by atoms with Gasteiger partial charge in [0.25, 0.3) is 0 Å². The van der Waals surface area contributed by atoms with Crippen molar-refractivity contribution in [1.29, 1.82) is 0 Å². The lowest BCUT2D eigenvalue weighted by Gasteiger charge is -1.93. The summed E-state index contributed by atoms with van der Waals surface area (Å²) in [6.07, 6.45) is 5.97. The molecule has 0 spiro atoms. The van der Waals surface area contributed by atoms with Gasteiger partial charge in [-0.05, 0) is 17.3 Å². The zero-order valence-corrected chi connectivity index (χ0v) is 7.25. The molecule has 0 amide bonds. The van der Waals surface area contributed by atoms with E-state index < -0.39 is 0 Å². The van der Waals surface area contributed by atoms with Gasteiger partial charge in [0.15, 0.2) is 11.5 Å². The molecule has 0 aliphatic heterocycles. The third-order valence-electron chi connectivity index (χ3n) is 0.979. The number of carbonyl (C=O) groups is 1. The van der Waals surface area contributed by atoms with Gasteiger partial charge in [-0.25, -0.2) is 0 Å². The van der Waals surface area contributed by atoms with Gasteiger partial charge < -0.3 is 0 Å². The zero-order chi connectivity index (χ0) is 7.28. The summed E-state index contributed by atoms with van der Waals surface area (Å²) in [6, 6.07) is 0. The van der Waals surface area contributed by atoms with E-state index in [0.29, 0.717) is 16.7 Å². The molecule has 0 aliphatic rings. The molecule has 0 aliphatic carbocycles. The molecule has 0 bridgehead atoms. The first-order valence-corrected chi connectivity index (χ1v) is 5.43. The van der Waals surface area contributed by atoms with Crippen molar-refractivity contribution in [3.05, 3.63) is 0 Å². The summed E-state index contributed by atoms with van der Waals surface area (Å²) in [6.45, 7) is 2.04. The Morgan fingerprint density at radius 3 is 2.33 bits per heavy atom. The second-order valence-electron chi connectivity index (χ2n) is 2.42. The van der Waals surface area contributed by atoms with E-state index in [2.05, 4.69) is 12.5 Å². The van der Waals surface area contributed by atoms with Crippen LogP contribution in [0.5, 0.6) is 0 Å². The molecular weight excluding hydrogens is 132 g/mol. The van der Waals surface area contributed by atoms with Gasteiger partial charge in [0.05, 0.1) is 12.5 Å². The van der Waals surface area contributed by atoms with Gasteiger partial charge in [-0.15, -0.1) is 0 Å². The van der Waals surface area contributed by atoms with Crippen molar-refractivity contribution in [2.24, 2.45) is 0 Å². The number of hydrogen-bond acceptors (Lipinski definition) is 1. The number of carbonyl (C=O) groups excluding carboxylic acids is 1. The highest BCUT2D eigenvalue weighted by molar-refractivity contribution is 7.96. The monoisotopic (exact) mass is 147 g/mol. The van der Waals surface area contributed by atoms with Crippen LogP contribution >= 0.6 is 0 Å². The Kier molecular flexibility index (Phi) is 4.87.